The van der Waals surface area contributed by atoms with Gasteiger partial charge in [0.25, 0.3) is 5.56 Å². The quantitative estimate of drug-likeness (QED) is 0.429. The van der Waals surface area contributed by atoms with Gasteiger partial charge in [-0.2, -0.15) is 5.10 Å². The lowest BCUT2D eigenvalue weighted by atomic mass is 9.89. The summed E-state index contributed by atoms with van der Waals surface area (Å²) in [4.78, 5) is 15.4. The lowest BCUT2D eigenvalue weighted by Crippen LogP contribution is -2.41. The molecule has 1 aliphatic heterocycles. The van der Waals surface area contributed by atoms with Crippen LogP contribution in [0.3, 0.4) is 0 Å². The Morgan fingerprint density at radius 3 is 2.37 bits per heavy atom. The van der Waals surface area contributed by atoms with Crippen LogP contribution in [0.1, 0.15) is 57.9 Å². The molecule has 3 fully saturated rings. The van der Waals surface area contributed by atoms with Crippen molar-refractivity contribution in [3.8, 4) is 5.75 Å². The number of ether oxygens (including phenoxy) is 2. The van der Waals surface area contributed by atoms with E-state index in [1.54, 1.807) is 18.3 Å². The van der Waals surface area contributed by atoms with Crippen molar-refractivity contribution in [1.29, 1.82) is 0 Å². The number of aromatic nitrogens is 2. The summed E-state index contributed by atoms with van der Waals surface area (Å²) < 4.78 is 48.7. The van der Waals surface area contributed by atoms with Crippen LogP contribution in [0.5, 0.6) is 5.75 Å². The van der Waals surface area contributed by atoms with Gasteiger partial charge in [-0.1, -0.05) is 18.5 Å². The molecule has 208 valence electrons. The van der Waals surface area contributed by atoms with Crippen LogP contribution in [0.2, 0.25) is 5.02 Å². The number of rotatable bonds is 8. The summed E-state index contributed by atoms with van der Waals surface area (Å²) in [5.41, 5.74) is 1.17. The number of benzene rings is 1. The van der Waals surface area contributed by atoms with E-state index in [0.717, 1.165) is 57.2 Å². The van der Waals surface area contributed by atoms with Crippen molar-refractivity contribution in [2.24, 2.45) is 11.8 Å². The van der Waals surface area contributed by atoms with Gasteiger partial charge in [-0.3, -0.25) is 4.79 Å². The van der Waals surface area contributed by atoms with Crippen LogP contribution in [0.25, 0.3) is 0 Å². The molecule has 1 aromatic carbocycles. The van der Waals surface area contributed by atoms with Crippen LogP contribution in [0.15, 0.2) is 35.3 Å². The largest absolute Gasteiger partial charge is 0.573 e. The minimum atomic E-state index is -4.71. The molecule has 38 heavy (non-hydrogen) atoms. The van der Waals surface area contributed by atoms with Gasteiger partial charge in [-0.25, -0.2) is 4.68 Å². The zero-order valence-electron chi connectivity index (χ0n) is 21.4. The molecule has 3 aliphatic rings. The first-order chi connectivity index (χ1) is 18.2. The van der Waals surface area contributed by atoms with Crippen molar-refractivity contribution < 1.29 is 22.6 Å². The fraction of sp³-hybridized carbons (Fsp3) is 0.630. The van der Waals surface area contributed by atoms with Crippen LogP contribution in [-0.2, 0) is 4.74 Å². The highest BCUT2D eigenvalue weighted by molar-refractivity contribution is 6.32. The average Bonchev–Trinajstić information content (AvgIpc) is 3.72. The molecule has 0 spiro atoms. The highest BCUT2D eigenvalue weighted by Crippen LogP contribution is 2.40. The van der Waals surface area contributed by atoms with Crippen LogP contribution in [0, 0.1) is 11.8 Å². The van der Waals surface area contributed by atoms with E-state index in [0.29, 0.717) is 36.7 Å². The Bertz CT molecular complexity index is 1150. The number of halogens is 4. The van der Waals surface area contributed by atoms with Crippen molar-refractivity contribution >= 4 is 23.0 Å². The van der Waals surface area contributed by atoms with E-state index in [1.807, 2.05) is 0 Å². The maximum absolute atomic E-state index is 13.1. The van der Waals surface area contributed by atoms with Gasteiger partial charge in [0.15, 0.2) is 0 Å². The maximum atomic E-state index is 13.1. The zero-order valence-corrected chi connectivity index (χ0v) is 22.2. The maximum Gasteiger partial charge on any atom is 0.573 e. The molecule has 1 saturated heterocycles. The van der Waals surface area contributed by atoms with Crippen LogP contribution < -0.4 is 20.5 Å². The van der Waals surface area contributed by atoms with E-state index in [9.17, 15) is 18.0 Å². The second-order valence-corrected chi connectivity index (χ2v) is 11.1. The summed E-state index contributed by atoms with van der Waals surface area (Å²) in [5.74, 6) is 0.683. The molecule has 2 heterocycles. The molecule has 7 nitrogen and oxygen atoms in total. The Morgan fingerprint density at radius 2 is 1.76 bits per heavy atom. The van der Waals surface area contributed by atoms with E-state index in [4.69, 9.17) is 16.3 Å². The Kier molecular flexibility index (Phi) is 8.09. The molecule has 0 bridgehead atoms. The molecule has 0 unspecified atom stereocenters. The summed E-state index contributed by atoms with van der Waals surface area (Å²) in [6, 6.07) is 6.73. The number of anilines is 2. The smallest absolute Gasteiger partial charge is 0.406 e. The lowest BCUT2D eigenvalue weighted by molar-refractivity contribution is -0.274. The number of alkyl halides is 3. The minimum Gasteiger partial charge on any atom is -0.406 e. The number of nitrogens with zero attached hydrogens (tertiary/aromatic N) is 3. The van der Waals surface area contributed by atoms with Gasteiger partial charge >= 0.3 is 6.36 Å². The first kappa shape index (κ1) is 27.1. The van der Waals surface area contributed by atoms with Crippen molar-refractivity contribution in [3.63, 3.8) is 0 Å². The lowest BCUT2D eigenvalue weighted by Gasteiger charge is -2.39. The van der Waals surface area contributed by atoms with Gasteiger partial charge in [0, 0.05) is 36.8 Å². The van der Waals surface area contributed by atoms with Crippen LogP contribution in [0.4, 0.5) is 24.5 Å². The van der Waals surface area contributed by atoms with Gasteiger partial charge in [0.1, 0.15) is 10.8 Å². The fourth-order valence-electron chi connectivity index (χ4n) is 5.71. The molecule has 2 atom stereocenters. The number of nitrogens with one attached hydrogen (secondary N) is 1. The van der Waals surface area contributed by atoms with Crippen molar-refractivity contribution in [2.75, 3.05) is 30.0 Å². The SMILES string of the molecule is C[C@@H]1CCOC[C@H]1CNc1cnn([C@H]2CC[C@H](N(c3ccc(OC(F)(F)F)cc3)C3CC3)CC2)c(=O)c1Cl. The third-order valence-corrected chi connectivity index (χ3v) is 8.43. The second kappa shape index (κ2) is 11.3. The van der Waals surface area contributed by atoms with Gasteiger partial charge in [0.2, 0.25) is 0 Å². The van der Waals surface area contributed by atoms with Crippen molar-refractivity contribution in [2.45, 2.75) is 76.4 Å². The van der Waals surface area contributed by atoms with Crippen molar-refractivity contribution in [1.82, 2.24) is 9.78 Å². The van der Waals surface area contributed by atoms with Crippen LogP contribution in [-0.4, -0.2) is 48.0 Å². The summed E-state index contributed by atoms with van der Waals surface area (Å²) in [5, 5.41) is 7.92. The van der Waals surface area contributed by atoms with Gasteiger partial charge in [-0.15, -0.1) is 13.2 Å². The van der Waals surface area contributed by atoms with E-state index in [-0.39, 0.29) is 28.4 Å². The van der Waals surface area contributed by atoms with Gasteiger partial charge < -0.3 is 19.7 Å². The van der Waals surface area contributed by atoms with Crippen molar-refractivity contribution in [3.05, 3.63) is 45.8 Å². The summed E-state index contributed by atoms with van der Waals surface area (Å²) in [6.45, 7) is 4.38. The molecule has 0 amide bonds. The van der Waals surface area contributed by atoms with E-state index >= 15 is 0 Å². The van der Waals surface area contributed by atoms with E-state index in [1.165, 1.54) is 16.8 Å². The van der Waals surface area contributed by atoms with Gasteiger partial charge in [0.05, 0.1) is 24.5 Å². The first-order valence-corrected chi connectivity index (χ1v) is 13.8. The standard InChI is InChI=1S/C27H34ClF3N4O3/c1-17-12-13-37-16-18(17)14-32-24-15-33-35(26(36)25(24)28)22-6-4-20(5-7-22)34(19-2-3-19)21-8-10-23(11-9-21)38-27(29,30)31/h8-11,15,17-20,22,32H,2-7,12-14,16H2,1H3/t17-,18-,20-,22-/m1/s1. The highest BCUT2D eigenvalue weighted by Gasteiger charge is 2.37. The third kappa shape index (κ3) is 6.39. The molecule has 11 heteroatoms. The molecular formula is C27H34ClF3N4O3. The topological polar surface area (TPSA) is 68.6 Å². The molecule has 2 saturated carbocycles. The average molecular weight is 555 g/mol. The molecule has 5 rings (SSSR count). The van der Waals surface area contributed by atoms with E-state index in [2.05, 4.69) is 27.0 Å². The number of hydrogen-bond donors (Lipinski definition) is 1. The predicted octanol–water partition coefficient (Wildman–Crippen LogP) is 6.03. The van der Waals surface area contributed by atoms with Crippen LogP contribution >= 0.6 is 11.6 Å². The minimum absolute atomic E-state index is 0.0410. The fourth-order valence-corrected chi connectivity index (χ4v) is 5.91. The third-order valence-electron chi connectivity index (χ3n) is 8.07. The molecule has 2 aliphatic carbocycles. The Morgan fingerprint density at radius 1 is 1.11 bits per heavy atom. The molecule has 1 N–H and O–H groups in total. The van der Waals surface area contributed by atoms with Gasteiger partial charge in [-0.05, 0) is 75.1 Å². The summed E-state index contributed by atoms with van der Waals surface area (Å²) in [6.07, 6.45) is 3.36. The molecule has 0 radical (unpaired) electrons. The first-order valence-electron chi connectivity index (χ1n) is 13.4. The molecule has 1 aromatic heterocycles. The molecule has 2 aromatic rings. The predicted molar refractivity (Wildman–Crippen MR) is 140 cm³/mol. The zero-order chi connectivity index (χ0) is 26.9. The Labute approximate surface area is 225 Å². The van der Waals surface area contributed by atoms with E-state index < -0.39 is 6.36 Å². The normalized spacial score (nSPS) is 26.1. The highest BCUT2D eigenvalue weighted by atomic mass is 35.5. The Hall–Kier alpha value is -2.46. The number of hydrogen-bond acceptors (Lipinski definition) is 6. The summed E-state index contributed by atoms with van der Waals surface area (Å²) in [7, 11) is 0. The monoisotopic (exact) mass is 554 g/mol. The molecular weight excluding hydrogens is 521 g/mol. The summed E-state index contributed by atoms with van der Waals surface area (Å²) >= 11 is 6.48. The Balaban J connectivity index is 1.21. The second-order valence-electron chi connectivity index (χ2n) is 10.7.